The average Bonchev–Trinajstić information content (AvgIpc) is 2.34. The molecule has 3 nitrogen and oxygen atoms in total. The number of likely N-dealkylation sites (N-methyl/N-ethyl adjacent to an activating group) is 1. The summed E-state index contributed by atoms with van der Waals surface area (Å²) in [5.74, 6) is 0. The van der Waals surface area contributed by atoms with Gasteiger partial charge in [0.25, 0.3) is 0 Å². The van der Waals surface area contributed by atoms with Gasteiger partial charge in [0.1, 0.15) is 0 Å². The second-order valence-corrected chi connectivity index (χ2v) is 3.94. The zero-order valence-corrected chi connectivity index (χ0v) is 10.4. The number of pyridine rings is 1. The third-order valence-corrected chi connectivity index (χ3v) is 2.59. The molecular formula is C13H23N3. The molecule has 0 bridgehead atoms. The lowest BCUT2D eigenvalue weighted by atomic mass is 10.3. The molecule has 0 amide bonds. The van der Waals surface area contributed by atoms with E-state index in [1.165, 1.54) is 6.42 Å². The topological polar surface area (TPSA) is 28.2 Å². The molecule has 1 heterocycles. The number of hydrogen-bond donors (Lipinski definition) is 1. The second kappa shape index (κ2) is 8.25. The van der Waals surface area contributed by atoms with Crippen LogP contribution < -0.4 is 5.32 Å². The fraction of sp³-hybridized carbons (Fsp3) is 0.615. The highest BCUT2D eigenvalue weighted by atomic mass is 15.1. The van der Waals surface area contributed by atoms with E-state index in [0.717, 1.165) is 38.4 Å². The van der Waals surface area contributed by atoms with Crippen molar-refractivity contribution in [3.8, 4) is 0 Å². The largest absolute Gasteiger partial charge is 0.315 e. The Labute approximate surface area is 98.9 Å². The lowest BCUT2D eigenvalue weighted by molar-refractivity contribution is 0.276. The molecule has 1 N–H and O–H groups in total. The van der Waals surface area contributed by atoms with E-state index in [2.05, 4.69) is 35.1 Å². The smallest absolute Gasteiger partial charge is 0.0543 e. The maximum absolute atomic E-state index is 4.35. The van der Waals surface area contributed by atoms with Crippen molar-refractivity contribution in [3.05, 3.63) is 30.1 Å². The van der Waals surface area contributed by atoms with Gasteiger partial charge in [-0.1, -0.05) is 19.9 Å². The molecule has 1 aromatic rings. The summed E-state index contributed by atoms with van der Waals surface area (Å²) in [6.45, 7) is 9.68. The summed E-state index contributed by atoms with van der Waals surface area (Å²) in [4.78, 5) is 6.76. The van der Waals surface area contributed by atoms with E-state index >= 15 is 0 Å². The van der Waals surface area contributed by atoms with Gasteiger partial charge in [-0.25, -0.2) is 0 Å². The summed E-state index contributed by atoms with van der Waals surface area (Å²) in [5.41, 5.74) is 1.15. The summed E-state index contributed by atoms with van der Waals surface area (Å²) in [7, 11) is 0. The Hall–Kier alpha value is -0.930. The maximum atomic E-state index is 4.35. The molecule has 0 aliphatic heterocycles. The molecule has 0 aromatic carbocycles. The minimum atomic E-state index is 0.950. The Morgan fingerprint density at radius 2 is 2.12 bits per heavy atom. The molecule has 16 heavy (non-hydrogen) atoms. The van der Waals surface area contributed by atoms with E-state index in [0.29, 0.717) is 0 Å². The van der Waals surface area contributed by atoms with Gasteiger partial charge in [0.2, 0.25) is 0 Å². The molecule has 3 heteroatoms. The van der Waals surface area contributed by atoms with Gasteiger partial charge >= 0.3 is 0 Å². The number of nitrogens with one attached hydrogen (secondary N) is 1. The van der Waals surface area contributed by atoms with Gasteiger partial charge in [0, 0.05) is 25.8 Å². The van der Waals surface area contributed by atoms with Crippen molar-refractivity contribution >= 4 is 0 Å². The van der Waals surface area contributed by atoms with Crippen molar-refractivity contribution in [1.29, 1.82) is 0 Å². The van der Waals surface area contributed by atoms with Crippen LogP contribution in [0.5, 0.6) is 0 Å². The monoisotopic (exact) mass is 221 g/mol. The Balaban J connectivity index is 2.26. The van der Waals surface area contributed by atoms with Gasteiger partial charge in [0.15, 0.2) is 0 Å². The Kier molecular flexibility index (Phi) is 6.77. The molecule has 0 saturated carbocycles. The Bertz CT molecular complexity index is 261. The van der Waals surface area contributed by atoms with Crippen LogP contribution in [0, 0.1) is 0 Å². The zero-order chi connectivity index (χ0) is 11.6. The zero-order valence-electron chi connectivity index (χ0n) is 10.4. The lowest BCUT2D eigenvalue weighted by Gasteiger charge is -2.19. The summed E-state index contributed by atoms with van der Waals surface area (Å²) in [6.07, 6.45) is 3.06. The number of hydrogen-bond acceptors (Lipinski definition) is 3. The van der Waals surface area contributed by atoms with Gasteiger partial charge in [-0.15, -0.1) is 0 Å². The van der Waals surface area contributed by atoms with Crippen molar-refractivity contribution < 1.29 is 0 Å². The fourth-order valence-corrected chi connectivity index (χ4v) is 1.61. The molecule has 0 spiro atoms. The van der Waals surface area contributed by atoms with E-state index in [1.807, 2.05) is 18.3 Å². The molecule has 0 aliphatic carbocycles. The van der Waals surface area contributed by atoms with E-state index < -0.39 is 0 Å². The van der Waals surface area contributed by atoms with Gasteiger partial charge in [0.05, 0.1) is 5.69 Å². The first-order valence-electron chi connectivity index (χ1n) is 6.19. The molecule has 1 aromatic heterocycles. The van der Waals surface area contributed by atoms with Gasteiger partial charge in [-0.05, 0) is 31.6 Å². The minimum absolute atomic E-state index is 0.950. The number of nitrogens with zero attached hydrogens (tertiary/aromatic N) is 2. The minimum Gasteiger partial charge on any atom is -0.315 e. The van der Waals surface area contributed by atoms with E-state index in [1.54, 1.807) is 0 Å². The Morgan fingerprint density at radius 3 is 2.75 bits per heavy atom. The van der Waals surface area contributed by atoms with Crippen molar-refractivity contribution in [3.63, 3.8) is 0 Å². The van der Waals surface area contributed by atoms with Crippen molar-refractivity contribution in [2.24, 2.45) is 0 Å². The predicted molar refractivity (Wildman–Crippen MR) is 68.3 cm³/mol. The molecular weight excluding hydrogens is 198 g/mol. The molecule has 0 aliphatic rings. The van der Waals surface area contributed by atoms with E-state index in [4.69, 9.17) is 0 Å². The molecule has 0 fully saturated rings. The van der Waals surface area contributed by atoms with E-state index in [-0.39, 0.29) is 0 Å². The van der Waals surface area contributed by atoms with Crippen LogP contribution in [0.2, 0.25) is 0 Å². The van der Waals surface area contributed by atoms with Gasteiger partial charge in [-0.3, -0.25) is 9.88 Å². The third kappa shape index (κ3) is 5.24. The quantitative estimate of drug-likeness (QED) is 0.680. The van der Waals surface area contributed by atoms with E-state index in [9.17, 15) is 0 Å². The number of rotatable bonds is 8. The van der Waals surface area contributed by atoms with Crippen LogP contribution in [-0.2, 0) is 6.54 Å². The second-order valence-electron chi connectivity index (χ2n) is 3.94. The molecule has 90 valence electrons. The standard InChI is InChI=1S/C13H23N3/c1-3-8-14-10-11-16(4-2)12-13-7-5-6-9-15-13/h5-7,9,14H,3-4,8,10-12H2,1-2H3. The van der Waals surface area contributed by atoms with Crippen LogP contribution >= 0.6 is 0 Å². The maximum Gasteiger partial charge on any atom is 0.0543 e. The first-order chi connectivity index (χ1) is 7.86. The summed E-state index contributed by atoms with van der Waals surface area (Å²) >= 11 is 0. The summed E-state index contributed by atoms with van der Waals surface area (Å²) < 4.78 is 0. The molecule has 0 radical (unpaired) electrons. The predicted octanol–water partition coefficient (Wildman–Crippen LogP) is 1.90. The first-order valence-corrected chi connectivity index (χ1v) is 6.19. The highest BCUT2D eigenvalue weighted by Gasteiger charge is 2.03. The summed E-state index contributed by atoms with van der Waals surface area (Å²) in [5, 5.41) is 3.42. The first kappa shape index (κ1) is 13.1. The highest BCUT2D eigenvalue weighted by molar-refractivity contribution is 5.03. The van der Waals surface area contributed by atoms with Crippen LogP contribution in [-0.4, -0.2) is 36.1 Å². The van der Waals surface area contributed by atoms with Gasteiger partial charge in [-0.2, -0.15) is 0 Å². The van der Waals surface area contributed by atoms with Crippen LogP contribution in [0.4, 0.5) is 0 Å². The van der Waals surface area contributed by atoms with Crippen molar-refractivity contribution in [2.75, 3.05) is 26.2 Å². The van der Waals surface area contributed by atoms with Crippen molar-refractivity contribution in [2.45, 2.75) is 26.8 Å². The van der Waals surface area contributed by atoms with Crippen LogP contribution in [0.15, 0.2) is 24.4 Å². The van der Waals surface area contributed by atoms with Gasteiger partial charge < -0.3 is 5.32 Å². The summed E-state index contributed by atoms with van der Waals surface area (Å²) in [6, 6.07) is 6.09. The SMILES string of the molecule is CCCNCCN(CC)Cc1ccccn1. The highest BCUT2D eigenvalue weighted by Crippen LogP contribution is 1.99. The molecule has 0 unspecified atom stereocenters. The molecule has 0 atom stereocenters. The third-order valence-electron chi connectivity index (χ3n) is 2.59. The normalized spacial score (nSPS) is 10.9. The lowest BCUT2D eigenvalue weighted by Crippen LogP contribution is -2.32. The molecule has 1 rings (SSSR count). The Morgan fingerprint density at radius 1 is 1.25 bits per heavy atom. The van der Waals surface area contributed by atoms with Crippen LogP contribution in [0.1, 0.15) is 26.0 Å². The van der Waals surface area contributed by atoms with Crippen LogP contribution in [0.3, 0.4) is 0 Å². The van der Waals surface area contributed by atoms with Crippen LogP contribution in [0.25, 0.3) is 0 Å². The fourth-order valence-electron chi connectivity index (χ4n) is 1.61. The van der Waals surface area contributed by atoms with Crippen molar-refractivity contribution in [1.82, 2.24) is 15.2 Å². The number of aromatic nitrogens is 1. The average molecular weight is 221 g/mol. The molecule has 0 saturated heterocycles.